The van der Waals surface area contributed by atoms with Crippen LogP contribution in [0.2, 0.25) is 0 Å². The van der Waals surface area contributed by atoms with Gasteiger partial charge in [-0.25, -0.2) is 4.79 Å². The molecule has 0 bridgehead atoms. The Morgan fingerprint density at radius 1 is 1.36 bits per heavy atom. The highest BCUT2D eigenvalue weighted by atomic mass is 79.9. The van der Waals surface area contributed by atoms with Gasteiger partial charge in [0, 0.05) is 24.8 Å². The summed E-state index contributed by atoms with van der Waals surface area (Å²) < 4.78 is 0. The highest BCUT2D eigenvalue weighted by Crippen LogP contribution is 1.79. The molecule has 14 heavy (non-hydrogen) atoms. The minimum absolute atomic E-state index is 0. The van der Waals surface area contributed by atoms with Crippen molar-refractivity contribution in [1.82, 2.24) is 10.6 Å². The molecule has 2 amide bonds. The second-order valence-electron chi connectivity index (χ2n) is 2.16. The second-order valence-corrected chi connectivity index (χ2v) is 2.95. The number of amides is 2. The summed E-state index contributed by atoms with van der Waals surface area (Å²) in [6.45, 7) is 1.52. The fourth-order valence-corrected chi connectivity index (χ4v) is 0.897. The predicted octanol–water partition coefficient (Wildman–Crippen LogP) is 1.16. The molecule has 0 spiro atoms. The van der Waals surface area contributed by atoms with E-state index in [1.165, 1.54) is 0 Å². The molecule has 86 valence electrons. The molecule has 0 aromatic heterocycles. The van der Waals surface area contributed by atoms with Crippen molar-refractivity contribution < 1.29 is 4.79 Å². The smallest absolute Gasteiger partial charge is 0.317 e. The summed E-state index contributed by atoms with van der Waals surface area (Å²) in [5.74, 6) is 0.143. The zero-order chi connectivity index (χ0) is 9.40. The van der Waals surface area contributed by atoms with Crippen LogP contribution in [0, 0.1) is 5.41 Å². The summed E-state index contributed by atoms with van der Waals surface area (Å²) in [7, 11) is 0. The number of carbonyl (C=O) groups excluding carboxylic acids is 1. The number of halogens is 3. The molecule has 0 aromatic rings. The molecule has 0 aliphatic heterocycles. The van der Waals surface area contributed by atoms with Crippen molar-refractivity contribution in [3.8, 4) is 0 Å². The number of primary amides is 1. The first-order valence-corrected chi connectivity index (χ1v) is 4.69. The molecule has 0 radical (unpaired) electrons. The molecule has 0 fully saturated rings. The van der Waals surface area contributed by atoms with Crippen molar-refractivity contribution in [3.63, 3.8) is 0 Å². The van der Waals surface area contributed by atoms with Crippen LogP contribution in [0.4, 0.5) is 4.79 Å². The normalized spacial score (nSPS) is 8.07. The lowest BCUT2D eigenvalue weighted by Gasteiger charge is -2.04. The molecule has 5 N–H and O–H groups in total. The minimum Gasteiger partial charge on any atom is -0.351 e. The average Bonchev–Trinajstić information content (AvgIpc) is 1.97. The lowest BCUT2D eigenvalue weighted by atomic mass is 10.4. The van der Waals surface area contributed by atoms with E-state index in [-0.39, 0.29) is 39.8 Å². The minimum atomic E-state index is -0.680. The van der Waals surface area contributed by atoms with Gasteiger partial charge < -0.3 is 11.1 Å². The fraction of sp³-hybridized carbons (Fsp3) is 0.667. The van der Waals surface area contributed by atoms with Crippen LogP contribution in [0.25, 0.3) is 0 Å². The van der Waals surface area contributed by atoms with Crippen LogP contribution in [-0.2, 0) is 0 Å². The number of carbonyl (C=O) groups is 1. The summed E-state index contributed by atoms with van der Waals surface area (Å²) in [5.41, 5.74) is 4.80. The summed E-state index contributed by atoms with van der Waals surface area (Å²) in [6.07, 6.45) is 0.482. The maximum absolute atomic E-state index is 10.2. The van der Waals surface area contributed by atoms with Crippen LogP contribution in [0.1, 0.15) is 6.42 Å². The highest BCUT2D eigenvalue weighted by molar-refractivity contribution is 9.09. The van der Waals surface area contributed by atoms with E-state index in [1.54, 1.807) is 0 Å². The van der Waals surface area contributed by atoms with Gasteiger partial charge in [0.15, 0.2) is 0 Å². The molecule has 0 saturated heterocycles. The van der Waals surface area contributed by atoms with Gasteiger partial charge >= 0.3 is 6.03 Å². The van der Waals surface area contributed by atoms with Gasteiger partial charge in [0.25, 0.3) is 0 Å². The third kappa shape index (κ3) is 14.8. The Balaban J connectivity index is -0.000000605. The van der Waals surface area contributed by atoms with Gasteiger partial charge in [0.05, 0.1) is 0 Å². The Morgan fingerprint density at radius 2 is 1.93 bits per heavy atom. The number of nitrogens with two attached hydrogens (primary N) is 1. The third-order valence-electron chi connectivity index (χ3n) is 1.10. The monoisotopic (exact) mass is 396 g/mol. The van der Waals surface area contributed by atoms with Crippen molar-refractivity contribution in [2.24, 2.45) is 5.73 Å². The van der Waals surface area contributed by atoms with Crippen LogP contribution in [0.3, 0.4) is 0 Å². The number of urea groups is 1. The molecular weight excluding hydrogens is 384 g/mol. The van der Waals surface area contributed by atoms with Gasteiger partial charge in [-0.05, 0) is 0 Å². The number of rotatable bonds is 5. The maximum atomic E-state index is 10.2. The van der Waals surface area contributed by atoms with E-state index >= 15 is 0 Å². The summed E-state index contributed by atoms with van der Waals surface area (Å²) in [4.78, 5) is 10.2. The van der Waals surface area contributed by atoms with Gasteiger partial charge in [-0.3, -0.25) is 10.7 Å². The Labute approximate surface area is 113 Å². The first-order valence-electron chi connectivity index (χ1n) is 3.57. The molecule has 0 atom stereocenters. The zero-order valence-corrected chi connectivity index (χ0v) is 12.5. The van der Waals surface area contributed by atoms with Crippen molar-refractivity contribution in [2.45, 2.75) is 6.42 Å². The van der Waals surface area contributed by atoms with Gasteiger partial charge in [-0.15, -0.1) is 34.0 Å². The van der Waals surface area contributed by atoms with Gasteiger partial charge in [-0.1, -0.05) is 15.9 Å². The van der Waals surface area contributed by atoms with Crippen LogP contribution in [0.5, 0.6) is 0 Å². The van der Waals surface area contributed by atoms with Gasteiger partial charge in [0.1, 0.15) is 5.84 Å². The summed E-state index contributed by atoms with van der Waals surface area (Å²) >= 11 is 3.25. The molecule has 0 saturated carbocycles. The van der Waals surface area contributed by atoms with Crippen molar-refractivity contribution in [1.29, 1.82) is 5.41 Å². The number of hydrogen-bond donors (Lipinski definition) is 4. The molecule has 0 aliphatic carbocycles. The van der Waals surface area contributed by atoms with Crippen LogP contribution in [0.15, 0.2) is 0 Å². The van der Waals surface area contributed by atoms with Gasteiger partial charge in [-0.2, -0.15) is 0 Å². The largest absolute Gasteiger partial charge is 0.351 e. The molecular formula is C6H15Br3N4O. The Morgan fingerprint density at radius 3 is 2.36 bits per heavy atom. The summed E-state index contributed by atoms with van der Waals surface area (Å²) in [5, 5.41) is 13.3. The lowest BCUT2D eigenvalue weighted by Crippen LogP contribution is -2.36. The SMILES string of the molecule is Br.Br.N=C(CCNCCBr)NC(N)=O. The number of alkyl halides is 1. The van der Waals surface area contributed by atoms with Crippen LogP contribution >= 0.6 is 49.9 Å². The molecule has 0 unspecified atom stereocenters. The maximum Gasteiger partial charge on any atom is 0.317 e. The molecule has 0 aliphatic rings. The van der Waals surface area contributed by atoms with E-state index in [0.29, 0.717) is 13.0 Å². The molecule has 0 rings (SSSR count). The van der Waals surface area contributed by atoms with E-state index in [4.69, 9.17) is 11.1 Å². The first kappa shape index (κ1) is 19.8. The van der Waals surface area contributed by atoms with E-state index in [2.05, 4.69) is 26.6 Å². The second kappa shape index (κ2) is 13.3. The third-order valence-corrected chi connectivity index (χ3v) is 1.49. The molecule has 0 heterocycles. The Kier molecular flexibility index (Phi) is 18.9. The average molecular weight is 399 g/mol. The molecule has 5 nitrogen and oxygen atoms in total. The lowest BCUT2D eigenvalue weighted by molar-refractivity contribution is 0.253. The van der Waals surface area contributed by atoms with E-state index in [1.807, 2.05) is 0 Å². The number of hydrogen-bond acceptors (Lipinski definition) is 3. The first-order chi connectivity index (χ1) is 5.66. The van der Waals surface area contributed by atoms with E-state index in [9.17, 15) is 4.79 Å². The van der Waals surface area contributed by atoms with Crippen LogP contribution in [-0.4, -0.2) is 30.3 Å². The Bertz CT molecular complexity index is 167. The quantitative estimate of drug-likeness (QED) is 0.242. The van der Waals surface area contributed by atoms with E-state index in [0.717, 1.165) is 11.9 Å². The molecule has 0 aromatic carbocycles. The van der Waals surface area contributed by atoms with Crippen molar-refractivity contribution >= 4 is 61.8 Å². The van der Waals surface area contributed by atoms with Crippen LogP contribution < -0.4 is 16.4 Å². The van der Waals surface area contributed by atoms with Crippen molar-refractivity contribution in [2.75, 3.05) is 18.4 Å². The van der Waals surface area contributed by atoms with Crippen molar-refractivity contribution in [3.05, 3.63) is 0 Å². The number of amidine groups is 1. The molecule has 8 heteroatoms. The number of nitrogens with one attached hydrogen (secondary N) is 3. The van der Waals surface area contributed by atoms with E-state index < -0.39 is 6.03 Å². The highest BCUT2D eigenvalue weighted by Gasteiger charge is 1.97. The summed E-state index contributed by atoms with van der Waals surface area (Å²) in [6, 6.07) is -0.680. The van der Waals surface area contributed by atoms with Gasteiger partial charge in [0.2, 0.25) is 0 Å². The zero-order valence-electron chi connectivity index (χ0n) is 7.51. The topological polar surface area (TPSA) is 91.0 Å². The standard InChI is InChI=1S/C6H13BrN4O.2BrH/c7-2-4-10-3-1-5(8)11-6(9)12;;/h10H,1-4H2,(H4,8,9,11,12);2*1H. The predicted molar refractivity (Wildman–Crippen MR) is 72.4 cm³/mol. The fourth-order valence-electron chi connectivity index (χ4n) is 0.616. The Hall–Kier alpha value is 0.340.